The van der Waals surface area contributed by atoms with Crippen LogP contribution in [0.3, 0.4) is 0 Å². The number of aromatic nitrogens is 3. The van der Waals surface area contributed by atoms with Gasteiger partial charge in [0.2, 0.25) is 4.77 Å². The van der Waals surface area contributed by atoms with E-state index >= 15 is 0 Å². The highest BCUT2D eigenvalue weighted by atomic mass is 79.9. The Morgan fingerprint density at radius 1 is 1.73 bits per heavy atom. The molecule has 4 nitrogen and oxygen atoms in total. The molecule has 15 heavy (non-hydrogen) atoms. The van der Waals surface area contributed by atoms with Crippen LogP contribution in [0.5, 0.6) is 0 Å². The van der Waals surface area contributed by atoms with Gasteiger partial charge in [0.15, 0.2) is 0 Å². The molecule has 0 aliphatic carbocycles. The van der Waals surface area contributed by atoms with Crippen molar-refractivity contribution in [3.63, 3.8) is 0 Å². The molecule has 0 spiro atoms. The average molecular weight is 303 g/mol. The Labute approximate surface area is 104 Å². The normalized spacial score (nSPS) is 11.3. The topological polar surface area (TPSA) is 46.0 Å². The first-order chi connectivity index (χ1) is 7.16. The predicted octanol–water partition coefficient (Wildman–Crippen LogP) is 2.96. The van der Waals surface area contributed by atoms with Gasteiger partial charge in [-0.3, -0.25) is 5.10 Å². The van der Waals surface area contributed by atoms with Crippen molar-refractivity contribution in [2.45, 2.75) is 6.92 Å². The van der Waals surface area contributed by atoms with Gasteiger partial charge in [-0.1, -0.05) is 0 Å². The van der Waals surface area contributed by atoms with Crippen molar-refractivity contribution >= 4 is 45.7 Å². The maximum absolute atomic E-state index is 5.02. The quantitative estimate of drug-likeness (QED) is 0.685. The number of rotatable bonds is 2. The van der Waals surface area contributed by atoms with Crippen LogP contribution < -0.4 is 0 Å². The summed E-state index contributed by atoms with van der Waals surface area (Å²) in [7, 11) is 0. The Morgan fingerprint density at radius 3 is 3.07 bits per heavy atom. The fraction of sp³-hybridized carbons (Fsp3) is 0.125. The number of H-pyrrole nitrogens is 1. The van der Waals surface area contributed by atoms with Gasteiger partial charge < -0.3 is 0 Å². The second-order valence-corrected chi connectivity index (χ2v) is 5.04. The SMILES string of the molecule is Cc1n[nH]c(=S)n1N=Cc1cc(Br)cs1. The van der Waals surface area contributed by atoms with Gasteiger partial charge in [0, 0.05) is 14.7 Å². The highest BCUT2D eigenvalue weighted by molar-refractivity contribution is 9.10. The molecule has 0 saturated heterocycles. The minimum absolute atomic E-state index is 0.499. The predicted molar refractivity (Wildman–Crippen MR) is 67.2 cm³/mol. The van der Waals surface area contributed by atoms with Crippen LogP contribution in [0.1, 0.15) is 10.7 Å². The van der Waals surface area contributed by atoms with Gasteiger partial charge in [-0.05, 0) is 41.1 Å². The van der Waals surface area contributed by atoms with Crippen molar-refractivity contribution in [1.29, 1.82) is 0 Å². The first-order valence-electron chi connectivity index (χ1n) is 4.09. The smallest absolute Gasteiger partial charge is 0.216 e. The number of aryl methyl sites for hydroxylation is 1. The van der Waals surface area contributed by atoms with E-state index in [1.807, 2.05) is 18.4 Å². The summed E-state index contributed by atoms with van der Waals surface area (Å²) in [5, 5.41) is 12.9. The van der Waals surface area contributed by atoms with E-state index in [-0.39, 0.29) is 0 Å². The summed E-state index contributed by atoms with van der Waals surface area (Å²) in [5.74, 6) is 0.742. The molecule has 0 atom stereocenters. The third-order valence-corrected chi connectivity index (χ3v) is 3.59. The summed E-state index contributed by atoms with van der Waals surface area (Å²) in [5.41, 5.74) is 0. The Hall–Kier alpha value is -0.790. The molecule has 7 heteroatoms. The summed E-state index contributed by atoms with van der Waals surface area (Å²) in [4.78, 5) is 1.06. The maximum atomic E-state index is 5.02. The lowest BCUT2D eigenvalue weighted by atomic mass is 10.5. The Kier molecular flexibility index (Phi) is 3.13. The molecule has 2 aromatic rings. The van der Waals surface area contributed by atoms with Crippen molar-refractivity contribution in [3.8, 4) is 0 Å². The van der Waals surface area contributed by atoms with Crippen molar-refractivity contribution in [3.05, 3.63) is 31.4 Å². The van der Waals surface area contributed by atoms with Gasteiger partial charge in [-0.15, -0.1) is 11.3 Å². The molecule has 1 N–H and O–H groups in total. The fourth-order valence-corrected chi connectivity index (χ4v) is 2.54. The van der Waals surface area contributed by atoms with Crippen LogP contribution >= 0.6 is 39.5 Å². The minimum atomic E-state index is 0.499. The molecule has 0 aliphatic heterocycles. The number of thiophene rings is 1. The summed E-state index contributed by atoms with van der Waals surface area (Å²) in [6.45, 7) is 1.84. The molecule has 2 heterocycles. The zero-order valence-electron chi connectivity index (χ0n) is 7.77. The Balaban J connectivity index is 2.29. The molecule has 0 amide bonds. The zero-order valence-corrected chi connectivity index (χ0v) is 11.0. The highest BCUT2D eigenvalue weighted by Crippen LogP contribution is 2.17. The monoisotopic (exact) mass is 302 g/mol. The van der Waals surface area contributed by atoms with E-state index in [9.17, 15) is 0 Å². The largest absolute Gasteiger partial charge is 0.250 e. The Bertz CT molecular complexity index is 551. The molecular weight excluding hydrogens is 296 g/mol. The average Bonchev–Trinajstić information content (AvgIpc) is 2.73. The van der Waals surface area contributed by atoms with E-state index in [4.69, 9.17) is 12.2 Å². The van der Waals surface area contributed by atoms with Crippen molar-refractivity contribution in [2.75, 3.05) is 0 Å². The first kappa shape index (κ1) is 10.7. The molecule has 0 radical (unpaired) electrons. The number of halogens is 1. The molecule has 0 unspecified atom stereocenters. The summed E-state index contributed by atoms with van der Waals surface area (Å²) >= 11 is 10.0. The van der Waals surface area contributed by atoms with E-state index in [0.717, 1.165) is 15.2 Å². The van der Waals surface area contributed by atoms with Gasteiger partial charge in [0.1, 0.15) is 5.82 Å². The van der Waals surface area contributed by atoms with Crippen LogP contribution in [0, 0.1) is 11.7 Å². The van der Waals surface area contributed by atoms with Gasteiger partial charge in [-0.25, -0.2) is 0 Å². The van der Waals surface area contributed by atoms with Crippen LogP contribution in [0.25, 0.3) is 0 Å². The first-order valence-corrected chi connectivity index (χ1v) is 6.17. The number of hydrogen-bond donors (Lipinski definition) is 1. The van der Waals surface area contributed by atoms with Crippen LogP contribution in [0.15, 0.2) is 21.0 Å². The van der Waals surface area contributed by atoms with Crippen LogP contribution in [-0.4, -0.2) is 21.1 Å². The molecule has 0 fully saturated rings. The van der Waals surface area contributed by atoms with E-state index in [1.54, 1.807) is 22.2 Å². The molecule has 0 bridgehead atoms. The number of nitrogens with zero attached hydrogens (tertiary/aromatic N) is 3. The second kappa shape index (κ2) is 4.38. The van der Waals surface area contributed by atoms with Gasteiger partial charge >= 0.3 is 0 Å². The van der Waals surface area contributed by atoms with E-state index in [2.05, 4.69) is 31.2 Å². The number of hydrogen-bond acceptors (Lipinski definition) is 4. The molecule has 2 rings (SSSR count). The van der Waals surface area contributed by atoms with Crippen LogP contribution in [0.2, 0.25) is 0 Å². The summed E-state index contributed by atoms with van der Waals surface area (Å²) < 4.78 is 3.14. The van der Waals surface area contributed by atoms with E-state index in [0.29, 0.717) is 4.77 Å². The van der Waals surface area contributed by atoms with Crippen molar-refractivity contribution in [1.82, 2.24) is 14.9 Å². The van der Waals surface area contributed by atoms with Gasteiger partial charge in [0.05, 0.1) is 6.21 Å². The molecule has 0 aromatic carbocycles. The van der Waals surface area contributed by atoms with Gasteiger partial charge in [0.25, 0.3) is 0 Å². The molecule has 0 aliphatic rings. The zero-order chi connectivity index (χ0) is 10.8. The molecule has 0 saturated carbocycles. The van der Waals surface area contributed by atoms with E-state index < -0.39 is 0 Å². The Morgan fingerprint density at radius 2 is 2.53 bits per heavy atom. The third-order valence-electron chi connectivity index (χ3n) is 1.70. The lowest BCUT2D eigenvalue weighted by molar-refractivity contribution is 0.821. The summed E-state index contributed by atoms with van der Waals surface area (Å²) in [6.07, 6.45) is 1.76. The van der Waals surface area contributed by atoms with E-state index in [1.165, 1.54) is 0 Å². The lowest BCUT2D eigenvalue weighted by Gasteiger charge is -1.91. The van der Waals surface area contributed by atoms with Crippen molar-refractivity contribution in [2.24, 2.45) is 5.10 Å². The minimum Gasteiger partial charge on any atom is -0.250 e. The second-order valence-electron chi connectivity index (χ2n) is 2.80. The fourth-order valence-electron chi connectivity index (χ4n) is 1.02. The standard InChI is InChI=1S/C8H7BrN4S2/c1-5-11-12-8(14)13(5)10-3-7-2-6(9)4-15-7/h2-4H,1H3,(H,12,14). The van der Waals surface area contributed by atoms with Crippen LogP contribution in [0.4, 0.5) is 0 Å². The number of aromatic amines is 1. The third kappa shape index (κ3) is 2.42. The molecule has 78 valence electrons. The van der Waals surface area contributed by atoms with Crippen LogP contribution in [-0.2, 0) is 0 Å². The molecular formula is C8H7BrN4S2. The lowest BCUT2D eigenvalue weighted by Crippen LogP contribution is -1.92. The summed E-state index contributed by atoms with van der Waals surface area (Å²) in [6, 6.07) is 1.99. The maximum Gasteiger partial charge on any atom is 0.216 e. The highest BCUT2D eigenvalue weighted by Gasteiger charge is 1.98. The van der Waals surface area contributed by atoms with Gasteiger partial charge in [-0.2, -0.15) is 14.9 Å². The number of nitrogens with one attached hydrogen (secondary N) is 1. The molecule has 2 aromatic heterocycles. The van der Waals surface area contributed by atoms with Crippen molar-refractivity contribution < 1.29 is 0 Å².